The van der Waals surface area contributed by atoms with Crippen LogP contribution in [0.15, 0.2) is 28.5 Å². The molecule has 326 valence electrons. The van der Waals surface area contributed by atoms with Crippen LogP contribution in [0.2, 0.25) is 0 Å². The van der Waals surface area contributed by atoms with Crippen molar-refractivity contribution in [3.05, 3.63) is 29.6 Å². The standard InChI is InChI=1S/C37H43N3O20/c1-16(41)49-14-28-30(51-18(3)43)32(53-20(5)45)34(55-22(7)47)36(57-28)12-26(39-59-36)24-10-9-11-25(38-24)27-13-37(60-40-27)35(56-23(8)48)33(54-21(6)46)31(52-19(4)44)29(58-37)15-50-17(2)42/h9-11,28-35H,12-15H2,1-8H3/t28-,29-,30-,31-,32+,33+,34-,35-,36-,37-/m1/s1. The minimum absolute atomic E-state index is 0.106. The number of ether oxygens (including phenoxy) is 10. The molecule has 2 saturated heterocycles. The van der Waals surface area contributed by atoms with Gasteiger partial charge in [0.15, 0.2) is 24.4 Å². The summed E-state index contributed by atoms with van der Waals surface area (Å²) >= 11 is 0. The second-order valence-corrected chi connectivity index (χ2v) is 13.9. The lowest BCUT2D eigenvalue weighted by molar-refractivity contribution is -0.357. The maximum atomic E-state index is 12.5. The summed E-state index contributed by atoms with van der Waals surface area (Å²) in [5.41, 5.74) is 0.522. The van der Waals surface area contributed by atoms with Crippen molar-refractivity contribution in [1.82, 2.24) is 4.98 Å². The van der Waals surface area contributed by atoms with Gasteiger partial charge in [-0.25, -0.2) is 4.98 Å². The van der Waals surface area contributed by atoms with E-state index in [0.717, 1.165) is 55.4 Å². The Morgan fingerprint density at radius 3 is 1.17 bits per heavy atom. The number of nitrogens with zero attached hydrogens (tertiary/aromatic N) is 3. The van der Waals surface area contributed by atoms with Crippen LogP contribution in [0, 0.1) is 0 Å². The van der Waals surface area contributed by atoms with Gasteiger partial charge < -0.3 is 57.0 Å². The van der Waals surface area contributed by atoms with Crippen molar-refractivity contribution >= 4 is 59.2 Å². The number of esters is 8. The van der Waals surface area contributed by atoms with Crippen LogP contribution < -0.4 is 0 Å². The molecule has 4 aliphatic heterocycles. The van der Waals surface area contributed by atoms with Crippen molar-refractivity contribution in [3.8, 4) is 0 Å². The second-order valence-electron chi connectivity index (χ2n) is 13.9. The van der Waals surface area contributed by atoms with Crippen LogP contribution in [-0.2, 0) is 95.4 Å². The van der Waals surface area contributed by atoms with Gasteiger partial charge in [-0.1, -0.05) is 16.4 Å². The number of rotatable bonds is 12. The molecule has 0 N–H and O–H groups in total. The molecule has 0 aromatic carbocycles. The maximum absolute atomic E-state index is 12.5. The Hall–Kier alpha value is -6.23. The Labute approximate surface area is 341 Å². The summed E-state index contributed by atoms with van der Waals surface area (Å²) in [7, 11) is 0. The fraction of sp³-hybridized carbons (Fsp3) is 0.595. The van der Waals surface area contributed by atoms with Gasteiger partial charge in [0.1, 0.15) is 36.8 Å². The summed E-state index contributed by atoms with van der Waals surface area (Å²) in [5, 5.41) is 8.35. The molecule has 5 heterocycles. The number of carbonyl (C=O) groups excluding carboxylic acids is 8. The molecule has 0 saturated carbocycles. The molecule has 0 unspecified atom stereocenters. The molecular formula is C37H43N3O20. The zero-order chi connectivity index (χ0) is 44.1. The largest absolute Gasteiger partial charge is 0.463 e. The van der Waals surface area contributed by atoms with Crippen molar-refractivity contribution in [2.45, 2.75) is 129 Å². The molecule has 1 aromatic heterocycles. The summed E-state index contributed by atoms with van der Waals surface area (Å²) in [6, 6.07) is 4.64. The third-order valence-corrected chi connectivity index (χ3v) is 9.03. The Morgan fingerprint density at radius 2 is 0.850 bits per heavy atom. The van der Waals surface area contributed by atoms with E-state index in [0.29, 0.717) is 0 Å². The Kier molecular flexibility index (Phi) is 13.7. The van der Waals surface area contributed by atoms with Gasteiger partial charge in [-0.2, -0.15) is 0 Å². The van der Waals surface area contributed by atoms with E-state index in [9.17, 15) is 38.4 Å². The first-order valence-corrected chi connectivity index (χ1v) is 18.4. The Bertz CT molecular complexity index is 1830. The van der Waals surface area contributed by atoms with E-state index in [1.807, 2.05) is 0 Å². The minimum atomic E-state index is -2.05. The Balaban J connectivity index is 1.48. The fourth-order valence-electron chi connectivity index (χ4n) is 7.01. The average Bonchev–Trinajstić information content (AvgIpc) is 3.77. The van der Waals surface area contributed by atoms with Crippen LogP contribution >= 0.6 is 0 Å². The Morgan fingerprint density at radius 1 is 0.517 bits per heavy atom. The highest BCUT2D eigenvalue weighted by Crippen LogP contribution is 2.44. The third-order valence-electron chi connectivity index (χ3n) is 9.03. The molecule has 60 heavy (non-hydrogen) atoms. The third kappa shape index (κ3) is 10.3. The molecule has 10 atom stereocenters. The predicted molar refractivity (Wildman–Crippen MR) is 191 cm³/mol. The second kappa shape index (κ2) is 18.4. The van der Waals surface area contributed by atoms with Gasteiger partial charge in [-0.05, 0) is 12.1 Å². The zero-order valence-electron chi connectivity index (χ0n) is 33.7. The lowest BCUT2D eigenvalue weighted by Crippen LogP contribution is -2.68. The SMILES string of the molecule is CC(=O)OC[C@H]1O[C@@]2(CC(c3cccc(C4=NO[C@@]5(C4)O[C@H](COC(C)=O)[C@@H](OC(C)=O)[C@H](OC(C)=O)[C@H]5OC(C)=O)n3)=NO2)[C@H](OC(C)=O)[C@@H](OC(C)=O)[C@@H]1OC(C)=O. The van der Waals surface area contributed by atoms with Crippen LogP contribution in [0.3, 0.4) is 0 Å². The summed E-state index contributed by atoms with van der Waals surface area (Å²) in [4.78, 5) is 114. The number of oxime groups is 2. The first-order valence-electron chi connectivity index (χ1n) is 18.4. The molecule has 5 rings (SSSR count). The van der Waals surface area contributed by atoms with Crippen molar-refractivity contribution in [3.63, 3.8) is 0 Å². The number of pyridine rings is 1. The van der Waals surface area contributed by atoms with Crippen molar-refractivity contribution in [2.24, 2.45) is 10.3 Å². The number of hydrogen-bond donors (Lipinski definition) is 0. The van der Waals surface area contributed by atoms with Gasteiger partial charge >= 0.3 is 47.8 Å². The smallest absolute Gasteiger partial charge is 0.303 e. The van der Waals surface area contributed by atoms with E-state index < -0.39 is 121 Å². The fourth-order valence-corrected chi connectivity index (χ4v) is 7.01. The van der Waals surface area contributed by atoms with Crippen LogP contribution in [0.5, 0.6) is 0 Å². The molecule has 1 aromatic rings. The predicted octanol–water partition coefficient (Wildman–Crippen LogP) is 0.237. The van der Waals surface area contributed by atoms with E-state index in [-0.39, 0.29) is 35.7 Å². The first kappa shape index (κ1) is 44.9. The molecule has 0 aliphatic carbocycles. The van der Waals surface area contributed by atoms with Crippen LogP contribution in [0.25, 0.3) is 0 Å². The van der Waals surface area contributed by atoms with E-state index in [4.69, 9.17) is 57.0 Å². The van der Waals surface area contributed by atoms with Crippen molar-refractivity contribution in [2.75, 3.05) is 13.2 Å². The topological polar surface area (TPSA) is 285 Å². The maximum Gasteiger partial charge on any atom is 0.303 e. The highest BCUT2D eigenvalue weighted by molar-refractivity contribution is 6.03. The van der Waals surface area contributed by atoms with Crippen molar-refractivity contribution in [1.29, 1.82) is 0 Å². The van der Waals surface area contributed by atoms with E-state index in [1.165, 1.54) is 12.1 Å². The summed E-state index contributed by atoms with van der Waals surface area (Å²) in [6.45, 7) is 7.73. The summed E-state index contributed by atoms with van der Waals surface area (Å²) in [5.74, 6) is -10.6. The molecule has 23 heteroatoms. The van der Waals surface area contributed by atoms with Crippen LogP contribution in [0.4, 0.5) is 0 Å². The highest BCUT2D eigenvalue weighted by Gasteiger charge is 2.66. The summed E-state index contributed by atoms with van der Waals surface area (Å²) < 4.78 is 56.0. The van der Waals surface area contributed by atoms with Gasteiger partial charge in [-0.3, -0.25) is 38.4 Å². The highest BCUT2D eigenvalue weighted by atomic mass is 16.8. The van der Waals surface area contributed by atoms with Gasteiger partial charge in [0.25, 0.3) is 11.6 Å². The molecule has 2 spiro atoms. The average molecular weight is 850 g/mol. The van der Waals surface area contributed by atoms with Crippen LogP contribution in [0.1, 0.15) is 79.6 Å². The summed E-state index contributed by atoms with van der Waals surface area (Å²) in [6.07, 6.45) is -12.5. The van der Waals surface area contributed by atoms with E-state index in [2.05, 4.69) is 15.3 Å². The molecule has 23 nitrogen and oxygen atoms in total. The molecular weight excluding hydrogens is 806 g/mol. The van der Waals surface area contributed by atoms with E-state index in [1.54, 1.807) is 6.07 Å². The number of hydrogen-bond acceptors (Lipinski definition) is 23. The molecule has 4 aliphatic rings. The quantitative estimate of drug-likeness (QED) is 0.201. The number of carbonyl (C=O) groups is 8. The van der Waals surface area contributed by atoms with Gasteiger partial charge in [0, 0.05) is 55.4 Å². The van der Waals surface area contributed by atoms with Gasteiger partial charge in [0.05, 0.1) is 24.2 Å². The lowest BCUT2D eigenvalue weighted by Gasteiger charge is -2.47. The lowest BCUT2D eigenvalue weighted by atomic mass is 9.88. The van der Waals surface area contributed by atoms with Gasteiger partial charge in [0.2, 0.25) is 12.2 Å². The molecule has 0 amide bonds. The molecule has 0 radical (unpaired) electrons. The normalized spacial score (nSPS) is 30.3. The monoisotopic (exact) mass is 849 g/mol. The zero-order valence-corrected chi connectivity index (χ0v) is 33.7. The molecule has 2 fully saturated rings. The minimum Gasteiger partial charge on any atom is -0.463 e. The molecule has 0 bridgehead atoms. The van der Waals surface area contributed by atoms with Gasteiger partial charge in [-0.15, -0.1) is 0 Å². The van der Waals surface area contributed by atoms with Crippen molar-refractivity contribution < 1.29 is 95.4 Å². The van der Waals surface area contributed by atoms with E-state index >= 15 is 0 Å². The number of aromatic nitrogens is 1. The van der Waals surface area contributed by atoms with Crippen LogP contribution in [-0.4, -0.2) is 138 Å². The first-order chi connectivity index (χ1) is 28.2.